The largest absolute Gasteiger partial charge is 0.354 e. The lowest BCUT2D eigenvalue weighted by molar-refractivity contribution is -0.136. The Balaban J connectivity index is 1.41. The van der Waals surface area contributed by atoms with Crippen LogP contribution < -0.4 is 10.6 Å². The van der Waals surface area contributed by atoms with Gasteiger partial charge in [0.25, 0.3) is 0 Å². The Morgan fingerprint density at radius 2 is 2.04 bits per heavy atom. The van der Waals surface area contributed by atoms with Crippen molar-refractivity contribution in [2.45, 2.75) is 45.2 Å². The third-order valence-electron chi connectivity index (χ3n) is 5.04. The van der Waals surface area contributed by atoms with E-state index in [0.717, 1.165) is 61.2 Å². The standard InChI is InChI=1S/C18H29N5OS2/c1-13-11-20-16(26-13)12-21-18(19-2)22-15-5-3-14(4-6-15)17(24)23-7-9-25-10-8-23/h11,14-15H,3-10,12H2,1-2H3,(H2,19,21,22). The van der Waals surface area contributed by atoms with Crippen molar-refractivity contribution in [3.8, 4) is 0 Å². The maximum Gasteiger partial charge on any atom is 0.225 e. The second kappa shape index (κ2) is 9.60. The van der Waals surface area contributed by atoms with E-state index in [9.17, 15) is 4.79 Å². The molecule has 2 fully saturated rings. The summed E-state index contributed by atoms with van der Waals surface area (Å²) in [6, 6.07) is 0.389. The minimum Gasteiger partial charge on any atom is -0.354 e. The molecule has 1 aromatic heterocycles. The molecule has 0 aromatic carbocycles. The van der Waals surface area contributed by atoms with Gasteiger partial charge in [0.2, 0.25) is 5.91 Å². The van der Waals surface area contributed by atoms with Crippen LogP contribution >= 0.6 is 23.1 Å². The molecular weight excluding hydrogens is 366 g/mol. The highest BCUT2D eigenvalue weighted by Crippen LogP contribution is 2.27. The number of rotatable bonds is 4. The first kappa shape index (κ1) is 19.5. The van der Waals surface area contributed by atoms with Crippen molar-refractivity contribution in [3.05, 3.63) is 16.1 Å². The summed E-state index contributed by atoms with van der Waals surface area (Å²) in [5, 5.41) is 7.92. The van der Waals surface area contributed by atoms with Gasteiger partial charge in [0.1, 0.15) is 5.01 Å². The summed E-state index contributed by atoms with van der Waals surface area (Å²) in [6.45, 7) is 4.61. The van der Waals surface area contributed by atoms with E-state index in [4.69, 9.17) is 0 Å². The molecule has 2 N–H and O–H groups in total. The van der Waals surface area contributed by atoms with E-state index in [2.05, 4.69) is 32.4 Å². The Morgan fingerprint density at radius 3 is 2.65 bits per heavy atom. The number of aliphatic imine (C=N–C) groups is 1. The summed E-state index contributed by atoms with van der Waals surface area (Å²) in [4.78, 5) is 24.6. The van der Waals surface area contributed by atoms with Crippen LogP contribution in [0.15, 0.2) is 11.2 Å². The topological polar surface area (TPSA) is 69.6 Å². The number of thiazole rings is 1. The van der Waals surface area contributed by atoms with Crippen molar-refractivity contribution < 1.29 is 4.79 Å². The van der Waals surface area contributed by atoms with Crippen molar-refractivity contribution >= 4 is 35.0 Å². The van der Waals surface area contributed by atoms with E-state index in [1.165, 1.54) is 4.88 Å². The normalized spacial score (nSPS) is 24.4. The van der Waals surface area contributed by atoms with Gasteiger partial charge in [0, 0.05) is 54.7 Å². The number of aryl methyl sites for hydroxylation is 1. The zero-order valence-electron chi connectivity index (χ0n) is 15.7. The third kappa shape index (κ3) is 5.36. The van der Waals surface area contributed by atoms with Crippen LogP contribution in [-0.2, 0) is 11.3 Å². The molecule has 1 saturated carbocycles. The van der Waals surface area contributed by atoms with Gasteiger partial charge in [-0.2, -0.15) is 11.8 Å². The van der Waals surface area contributed by atoms with Gasteiger partial charge in [-0.05, 0) is 32.6 Å². The number of hydrogen-bond donors (Lipinski definition) is 2. The maximum atomic E-state index is 12.7. The monoisotopic (exact) mass is 395 g/mol. The fourth-order valence-corrected chi connectivity index (χ4v) is 5.19. The average Bonchev–Trinajstić information content (AvgIpc) is 3.11. The Morgan fingerprint density at radius 1 is 1.31 bits per heavy atom. The second-order valence-electron chi connectivity index (χ2n) is 6.92. The summed E-state index contributed by atoms with van der Waals surface area (Å²) < 4.78 is 0. The number of hydrogen-bond acceptors (Lipinski definition) is 5. The van der Waals surface area contributed by atoms with Gasteiger partial charge in [0.05, 0.1) is 6.54 Å². The zero-order chi connectivity index (χ0) is 18.4. The van der Waals surface area contributed by atoms with E-state index in [1.807, 2.05) is 18.0 Å². The lowest BCUT2D eigenvalue weighted by Crippen LogP contribution is -2.47. The molecule has 0 radical (unpaired) electrons. The maximum absolute atomic E-state index is 12.7. The number of guanidine groups is 1. The zero-order valence-corrected chi connectivity index (χ0v) is 17.3. The molecule has 1 aliphatic heterocycles. The number of nitrogens with one attached hydrogen (secondary N) is 2. The van der Waals surface area contributed by atoms with Crippen molar-refractivity contribution in [1.29, 1.82) is 0 Å². The van der Waals surface area contributed by atoms with Crippen LogP contribution in [0.3, 0.4) is 0 Å². The van der Waals surface area contributed by atoms with Crippen LogP contribution in [-0.4, -0.2) is 59.4 Å². The molecular formula is C18H29N5OS2. The third-order valence-corrected chi connectivity index (χ3v) is 6.90. The Hall–Kier alpha value is -1.28. The van der Waals surface area contributed by atoms with Gasteiger partial charge in [-0.3, -0.25) is 9.79 Å². The van der Waals surface area contributed by atoms with E-state index in [1.54, 1.807) is 18.4 Å². The minimum atomic E-state index is 0.212. The molecule has 1 amide bonds. The molecule has 2 aliphatic rings. The molecule has 0 bridgehead atoms. The predicted molar refractivity (Wildman–Crippen MR) is 110 cm³/mol. The van der Waals surface area contributed by atoms with Gasteiger partial charge in [-0.1, -0.05) is 0 Å². The Bertz CT molecular complexity index is 619. The number of nitrogens with zero attached hydrogens (tertiary/aromatic N) is 3. The predicted octanol–water partition coefficient (Wildman–Crippen LogP) is 2.25. The molecule has 1 aliphatic carbocycles. The molecule has 26 heavy (non-hydrogen) atoms. The summed E-state index contributed by atoms with van der Waals surface area (Å²) in [7, 11) is 1.80. The first-order valence-electron chi connectivity index (χ1n) is 9.40. The number of thioether (sulfide) groups is 1. The van der Waals surface area contributed by atoms with Crippen LogP contribution in [0, 0.1) is 12.8 Å². The number of carbonyl (C=O) groups excluding carboxylic acids is 1. The molecule has 0 spiro atoms. The fraction of sp³-hybridized carbons (Fsp3) is 0.722. The van der Waals surface area contributed by atoms with Gasteiger partial charge in [0.15, 0.2) is 5.96 Å². The Kier molecular flexibility index (Phi) is 7.19. The van der Waals surface area contributed by atoms with Crippen LogP contribution in [0.4, 0.5) is 0 Å². The SMILES string of the molecule is CN=C(NCc1ncc(C)s1)NC1CCC(C(=O)N2CCSCC2)CC1. The van der Waals surface area contributed by atoms with Gasteiger partial charge >= 0.3 is 0 Å². The quantitative estimate of drug-likeness (QED) is 0.604. The average molecular weight is 396 g/mol. The van der Waals surface area contributed by atoms with Crippen molar-refractivity contribution in [2.75, 3.05) is 31.6 Å². The minimum absolute atomic E-state index is 0.212. The molecule has 0 atom stereocenters. The molecule has 144 valence electrons. The van der Waals surface area contributed by atoms with E-state index < -0.39 is 0 Å². The van der Waals surface area contributed by atoms with Gasteiger partial charge in [-0.25, -0.2) is 4.98 Å². The van der Waals surface area contributed by atoms with Crippen molar-refractivity contribution in [1.82, 2.24) is 20.5 Å². The molecule has 1 saturated heterocycles. The summed E-state index contributed by atoms with van der Waals surface area (Å²) in [5.74, 6) is 3.59. The number of carbonyl (C=O) groups is 1. The van der Waals surface area contributed by atoms with E-state index in [0.29, 0.717) is 18.5 Å². The summed E-state index contributed by atoms with van der Waals surface area (Å²) in [6.07, 6.45) is 5.90. The first-order chi connectivity index (χ1) is 12.7. The highest BCUT2D eigenvalue weighted by Gasteiger charge is 2.30. The first-order valence-corrected chi connectivity index (χ1v) is 11.4. The Labute approximate surface area is 164 Å². The molecule has 3 rings (SSSR count). The summed E-state index contributed by atoms with van der Waals surface area (Å²) >= 11 is 3.65. The number of amides is 1. The van der Waals surface area contributed by atoms with Crippen LogP contribution in [0.5, 0.6) is 0 Å². The fourth-order valence-electron chi connectivity index (χ4n) is 3.56. The van der Waals surface area contributed by atoms with E-state index >= 15 is 0 Å². The van der Waals surface area contributed by atoms with Gasteiger partial charge in [-0.15, -0.1) is 11.3 Å². The molecule has 6 nitrogen and oxygen atoms in total. The van der Waals surface area contributed by atoms with Crippen molar-refractivity contribution in [3.63, 3.8) is 0 Å². The lowest BCUT2D eigenvalue weighted by Gasteiger charge is -2.34. The van der Waals surface area contributed by atoms with Crippen LogP contribution in [0.2, 0.25) is 0 Å². The highest BCUT2D eigenvalue weighted by molar-refractivity contribution is 7.99. The van der Waals surface area contributed by atoms with Crippen LogP contribution in [0.25, 0.3) is 0 Å². The molecule has 1 aromatic rings. The van der Waals surface area contributed by atoms with Crippen LogP contribution in [0.1, 0.15) is 35.6 Å². The molecule has 8 heteroatoms. The van der Waals surface area contributed by atoms with Crippen molar-refractivity contribution in [2.24, 2.45) is 10.9 Å². The van der Waals surface area contributed by atoms with E-state index in [-0.39, 0.29) is 5.92 Å². The molecule has 2 heterocycles. The number of aromatic nitrogens is 1. The summed E-state index contributed by atoms with van der Waals surface area (Å²) in [5.41, 5.74) is 0. The lowest BCUT2D eigenvalue weighted by atomic mass is 9.85. The highest BCUT2D eigenvalue weighted by atomic mass is 32.2. The molecule has 0 unspecified atom stereocenters. The van der Waals surface area contributed by atoms with Gasteiger partial charge < -0.3 is 15.5 Å². The second-order valence-corrected chi connectivity index (χ2v) is 9.47. The smallest absolute Gasteiger partial charge is 0.225 e.